The van der Waals surface area contributed by atoms with Crippen molar-refractivity contribution in [1.82, 2.24) is 19.9 Å². The first-order valence-electron chi connectivity index (χ1n) is 6.63. The molecule has 2 aromatic rings. The number of nitrogens with one attached hydrogen (secondary N) is 2. The summed E-state index contributed by atoms with van der Waals surface area (Å²) < 4.78 is 1.60. The van der Waals surface area contributed by atoms with Crippen LogP contribution >= 0.6 is 11.6 Å². The van der Waals surface area contributed by atoms with Gasteiger partial charge < -0.3 is 10.6 Å². The average molecular weight is 296 g/mol. The molecule has 0 saturated carbocycles. The summed E-state index contributed by atoms with van der Waals surface area (Å²) in [5.74, 6) is 0.516. The third-order valence-corrected chi connectivity index (χ3v) is 3.17. The molecule has 2 N–H and O–H groups in total. The average Bonchev–Trinajstić information content (AvgIpc) is 2.80. The number of nitrogens with zero attached hydrogens (tertiary/aromatic N) is 3. The Kier molecular flexibility index (Phi) is 4.79. The van der Waals surface area contributed by atoms with Gasteiger partial charge in [0.25, 0.3) is 0 Å². The van der Waals surface area contributed by atoms with Crippen molar-refractivity contribution >= 4 is 29.1 Å². The van der Waals surface area contributed by atoms with E-state index in [-0.39, 0.29) is 11.9 Å². The Morgan fingerprint density at radius 3 is 3.05 bits per heavy atom. The zero-order valence-corrected chi connectivity index (χ0v) is 12.3. The van der Waals surface area contributed by atoms with E-state index < -0.39 is 0 Å². The molecule has 0 radical (unpaired) electrons. The predicted molar refractivity (Wildman–Crippen MR) is 79.0 cm³/mol. The first kappa shape index (κ1) is 14.6. The molecule has 2 heterocycles. The molecule has 1 unspecified atom stereocenters. The Morgan fingerprint density at radius 1 is 1.50 bits per heavy atom. The zero-order valence-electron chi connectivity index (χ0n) is 11.6. The Labute approximate surface area is 122 Å². The number of halogens is 1. The summed E-state index contributed by atoms with van der Waals surface area (Å²) in [5.41, 5.74) is 0.709. The van der Waals surface area contributed by atoms with Crippen molar-refractivity contribution in [2.24, 2.45) is 0 Å². The molecular formula is C13H18ClN5O. The van der Waals surface area contributed by atoms with Gasteiger partial charge in [0.1, 0.15) is 0 Å². The second kappa shape index (κ2) is 6.56. The van der Waals surface area contributed by atoms with Crippen molar-refractivity contribution in [2.75, 3.05) is 11.9 Å². The number of hydrogen-bond donors (Lipinski definition) is 2. The second-order valence-corrected chi connectivity index (χ2v) is 5.08. The van der Waals surface area contributed by atoms with Crippen LogP contribution in [0, 0.1) is 0 Å². The number of aromatic nitrogens is 3. The summed E-state index contributed by atoms with van der Waals surface area (Å²) in [5, 5.41) is 10.8. The topological polar surface area (TPSA) is 71.3 Å². The molecule has 2 rings (SSSR count). The van der Waals surface area contributed by atoms with Crippen molar-refractivity contribution < 1.29 is 4.79 Å². The molecule has 0 aliphatic rings. The van der Waals surface area contributed by atoms with Gasteiger partial charge in [0.05, 0.1) is 5.02 Å². The predicted octanol–water partition coefficient (Wildman–Crippen LogP) is 2.10. The van der Waals surface area contributed by atoms with E-state index in [1.165, 1.54) is 0 Å². The number of hydrogen-bond acceptors (Lipinski definition) is 4. The Bertz CT molecular complexity index is 597. The van der Waals surface area contributed by atoms with Gasteiger partial charge in [-0.1, -0.05) is 18.5 Å². The van der Waals surface area contributed by atoms with E-state index in [1.54, 1.807) is 22.8 Å². The molecule has 7 heteroatoms. The summed E-state index contributed by atoms with van der Waals surface area (Å²) in [6.45, 7) is 4.51. The van der Waals surface area contributed by atoms with E-state index in [9.17, 15) is 4.79 Å². The number of carbonyl (C=O) groups is 1. The fourth-order valence-corrected chi connectivity index (χ4v) is 1.83. The van der Waals surface area contributed by atoms with Crippen molar-refractivity contribution in [3.05, 3.63) is 23.4 Å². The van der Waals surface area contributed by atoms with Crippen molar-refractivity contribution in [3.8, 4) is 0 Å². The quantitative estimate of drug-likeness (QED) is 0.856. The van der Waals surface area contributed by atoms with Gasteiger partial charge >= 0.3 is 0 Å². The van der Waals surface area contributed by atoms with Crippen LogP contribution in [0.25, 0.3) is 5.65 Å². The summed E-state index contributed by atoms with van der Waals surface area (Å²) in [4.78, 5) is 15.9. The van der Waals surface area contributed by atoms with Crippen LogP contribution in [0.3, 0.4) is 0 Å². The SMILES string of the molecule is CCC(C)NC(=O)CCNc1nc2ccc(Cl)cn2n1. The number of carbonyl (C=O) groups excluding carboxylic acids is 1. The third kappa shape index (κ3) is 3.84. The van der Waals surface area contributed by atoms with Crippen LogP contribution in [0.2, 0.25) is 5.02 Å². The fraction of sp³-hybridized carbons (Fsp3) is 0.462. The van der Waals surface area contributed by atoms with Gasteiger partial charge in [0.15, 0.2) is 5.65 Å². The summed E-state index contributed by atoms with van der Waals surface area (Å²) >= 11 is 5.87. The highest BCUT2D eigenvalue weighted by Gasteiger charge is 2.07. The largest absolute Gasteiger partial charge is 0.354 e. The molecule has 1 amide bonds. The lowest BCUT2D eigenvalue weighted by Gasteiger charge is -2.10. The fourth-order valence-electron chi connectivity index (χ4n) is 1.67. The molecule has 20 heavy (non-hydrogen) atoms. The molecule has 6 nitrogen and oxygen atoms in total. The Morgan fingerprint density at radius 2 is 2.30 bits per heavy atom. The van der Waals surface area contributed by atoms with E-state index in [2.05, 4.69) is 20.7 Å². The smallest absolute Gasteiger partial charge is 0.243 e. The van der Waals surface area contributed by atoms with Crippen LogP contribution in [0.5, 0.6) is 0 Å². The lowest BCUT2D eigenvalue weighted by Crippen LogP contribution is -2.33. The van der Waals surface area contributed by atoms with Gasteiger partial charge in [-0.15, -0.1) is 5.10 Å². The van der Waals surface area contributed by atoms with Crippen molar-refractivity contribution in [1.29, 1.82) is 0 Å². The highest BCUT2D eigenvalue weighted by atomic mass is 35.5. The van der Waals surface area contributed by atoms with Gasteiger partial charge in [0.2, 0.25) is 11.9 Å². The lowest BCUT2D eigenvalue weighted by molar-refractivity contribution is -0.121. The number of fused-ring (bicyclic) bond motifs is 1. The van der Waals surface area contributed by atoms with Crippen LogP contribution in [-0.4, -0.2) is 33.1 Å². The molecule has 0 saturated heterocycles. The second-order valence-electron chi connectivity index (χ2n) is 4.64. The van der Waals surface area contributed by atoms with Crippen LogP contribution in [-0.2, 0) is 4.79 Å². The number of pyridine rings is 1. The first-order chi connectivity index (χ1) is 9.58. The first-order valence-corrected chi connectivity index (χ1v) is 7.01. The third-order valence-electron chi connectivity index (χ3n) is 2.95. The van der Waals surface area contributed by atoms with Crippen LogP contribution in [0.4, 0.5) is 5.95 Å². The minimum Gasteiger partial charge on any atom is -0.354 e. The molecule has 0 bridgehead atoms. The number of amides is 1. The maximum Gasteiger partial charge on any atom is 0.243 e. The zero-order chi connectivity index (χ0) is 14.5. The molecule has 1 atom stereocenters. The molecule has 0 aromatic carbocycles. The molecule has 108 valence electrons. The minimum absolute atomic E-state index is 0.0265. The Hall–Kier alpha value is -1.82. The standard InChI is InChI=1S/C13H18ClN5O/c1-3-9(2)16-12(20)6-7-15-13-17-11-5-4-10(14)8-19(11)18-13/h4-5,8-9H,3,6-7H2,1-2H3,(H,15,18)(H,16,20). The maximum atomic E-state index is 11.6. The summed E-state index contributed by atoms with van der Waals surface area (Å²) in [6, 6.07) is 3.75. The van der Waals surface area contributed by atoms with Gasteiger partial charge in [-0.25, -0.2) is 4.52 Å². The van der Waals surface area contributed by atoms with E-state index in [1.807, 2.05) is 13.8 Å². The number of anilines is 1. The van der Waals surface area contributed by atoms with Gasteiger partial charge in [-0.3, -0.25) is 4.79 Å². The van der Waals surface area contributed by atoms with Gasteiger partial charge in [-0.05, 0) is 25.5 Å². The van der Waals surface area contributed by atoms with Gasteiger partial charge in [0, 0.05) is 25.2 Å². The van der Waals surface area contributed by atoms with E-state index >= 15 is 0 Å². The van der Waals surface area contributed by atoms with Crippen LogP contribution in [0.1, 0.15) is 26.7 Å². The number of rotatable bonds is 6. The summed E-state index contributed by atoms with van der Waals surface area (Å²) in [7, 11) is 0. The van der Waals surface area contributed by atoms with Crippen molar-refractivity contribution in [3.63, 3.8) is 0 Å². The Balaban J connectivity index is 1.85. The molecule has 0 aliphatic carbocycles. The van der Waals surface area contributed by atoms with Crippen LogP contribution < -0.4 is 10.6 Å². The summed E-state index contributed by atoms with van der Waals surface area (Å²) in [6.07, 6.45) is 3.00. The van der Waals surface area contributed by atoms with E-state index in [0.29, 0.717) is 29.6 Å². The van der Waals surface area contributed by atoms with Gasteiger partial charge in [-0.2, -0.15) is 4.98 Å². The maximum absolute atomic E-state index is 11.6. The highest BCUT2D eigenvalue weighted by Crippen LogP contribution is 2.11. The molecule has 0 aliphatic heterocycles. The molecule has 0 spiro atoms. The van der Waals surface area contributed by atoms with Crippen molar-refractivity contribution in [2.45, 2.75) is 32.7 Å². The normalized spacial score (nSPS) is 12.3. The lowest BCUT2D eigenvalue weighted by atomic mass is 10.2. The van der Waals surface area contributed by atoms with E-state index in [0.717, 1.165) is 6.42 Å². The highest BCUT2D eigenvalue weighted by molar-refractivity contribution is 6.30. The monoisotopic (exact) mass is 295 g/mol. The molecule has 0 fully saturated rings. The van der Waals surface area contributed by atoms with Crippen LogP contribution in [0.15, 0.2) is 18.3 Å². The molecular weight excluding hydrogens is 278 g/mol. The minimum atomic E-state index is 0.0265. The molecule has 2 aromatic heterocycles. The van der Waals surface area contributed by atoms with E-state index in [4.69, 9.17) is 11.6 Å².